The van der Waals surface area contributed by atoms with E-state index in [0.29, 0.717) is 0 Å². The minimum atomic E-state index is 0.282. The summed E-state index contributed by atoms with van der Waals surface area (Å²) >= 11 is 0.282. The van der Waals surface area contributed by atoms with E-state index in [1.807, 2.05) is 12.3 Å². The normalized spacial score (nSPS) is 10.8. The van der Waals surface area contributed by atoms with Gasteiger partial charge in [-0.1, -0.05) is 0 Å². The van der Waals surface area contributed by atoms with E-state index in [1.54, 1.807) is 0 Å². The van der Waals surface area contributed by atoms with Crippen molar-refractivity contribution < 1.29 is 0 Å². The Morgan fingerprint density at radius 2 is 1.80 bits per heavy atom. The molecule has 2 aromatic rings. The van der Waals surface area contributed by atoms with Gasteiger partial charge in [0.05, 0.1) is 0 Å². The summed E-state index contributed by atoms with van der Waals surface area (Å²) in [5.74, 6) is 0. The van der Waals surface area contributed by atoms with Gasteiger partial charge in [-0.15, -0.1) is 0 Å². The summed E-state index contributed by atoms with van der Waals surface area (Å²) in [6.45, 7) is 7.03. The summed E-state index contributed by atoms with van der Waals surface area (Å²) in [4.78, 5) is 4.47. The molecule has 0 amide bonds. The molecule has 0 atom stereocenters. The topological polar surface area (TPSA) is 12.4 Å². The second-order valence-electron chi connectivity index (χ2n) is 4.65. The quantitative estimate of drug-likeness (QED) is 0.571. The zero-order chi connectivity index (χ0) is 14.2. The maximum atomic E-state index is 4.47. The molecule has 0 N–H and O–H groups in total. The minimum absolute atomic E-state index is 0.282. The Labute approximate surface area is 127 Å². The molecule has 20 heavy (non-hydrogen) atoms. The molecule has 0 aliphatic carbocycles. The molecule has 102 valence electrons. The maximum absolute atomic E-state index is 4.47. The molecule has 2 aromatic carbocycles. The molecule has 0 bridgehead atoms. The molecular weight excluding hydrogens is 309 g/mol. The Kier molecular flexibility index (Phi) is 5.79. The molecular formula is C18H19NSe. The van der Waals surface area contributed by atoms with Gasteiger partial charge in [0.1, 0.15) is 0 Å². The Balaban J connectivity index is 1.76. The molecule has 0 aromatic heterocycles. The number of nitrogens with zero attached hydrogens (tertiary/aromatic N) is 1. The van der Waals surface area contributed by atoms with E-state index in [-0.39, 0.29) is 15.0 Å². The standard InChI is InChI=1S/C18H19NSe/c1-15-8-10-18(11-9-15)20-16(2)14-19-13-12-17-6-4-3-5-7-17/h3-11,14H,2,12-13H2,1H3. The van der Waals surface area contributed by atoms with Crippen LogP contribution in [0.3, 0.4) is 0 Å². The van der Waals surface area contributed by atoms with E-state index in [4.69, 9.17) is 0 Å². The van der Waals surface area contributed by atoms with Crippen LogP contribution in [0.25, 0.3) is 0 Å². The molecule has 0 radical (unpaired) electrons. The molecule has 0 saturated heterocycles. The van der Waals surface area contributed by atoms with Crippen molar-refractivity contribution in [3.63, 3.8) is 0 Å². The first-order valence-corrected chi connectivity index (χ1v) is 8.42. The summed E-state index contributed by atoms with van der Waals surface area (Å²) in [5.41, 5.74) is 2.63. The van der Waals surface area contributed by atoms with Crippen molar-refractivity contribution in [1.82, 2.24) is 0 Å². The summed E-state index contributed by atoms with van der Waals surface area (Å²) in [6, 6.07) is 19.1. The number of aryl methyl sites for hydroxylation is 1. The number of benzene rings is 2. The van der Waals surface area contributed by atoms with Crippen molar-refractivity contribution >= 4 is 25.6 Å². The fourth-order valence-electron chi connectivity index (χ4n) is 1.79. The Morgan fingerprint density at radius 3 is 2.50 bits per heavy atom. The van der Waals surface area contributed by atoms with Crippen molar-refractivity contribution in [1.29, 1.82) is 0 Å². The van der Waals surface area contributed by atoms with Gasteiger partial charge in [-0.05, 0) is 0 Å². The van der Waals surface area contributed by atoms with Crippen LogP contribution in [0.2, 0.25) is 0 Å². The fourth-order valence-corrected chi connectivity index (χ4v) is 3.26. The summed E-state index contributed by atoms with van der Waals surface area (Å²) in [6.07, 6.45) is 2.92. The molecule has 2 rings (SSSR count). The van der Waals surface area contributed by atoms with Crippen LogP contribution >= 0.6 is 0 Å². The molecule has 0 heterocycles. The van der Waals surface area contributed by atoms with Crippen LogP contribution in [0.15, 0.2) is 70.6 Å². The van der Waals surface area contributed by atoms with Crippen molar-refractivity contribution in [2.24, 2.45) is 4.99 Å². The molecule has 0 saturated carbocycles. The second-order valence-corrected chi connectivity index (χ2v) is 7.17. The van der Waals surface area contributed by atoms with Crippen molar-refractivity contribution in [3.05, 3.63) is 76.8 Å². The van der Waals surface area contributed by atoms with Crippen molar-refractivity contribution in [2.75, 3.05) is 6.54 Å². The first-order chi connectivity index (χ1) is 9.74. The third kappa shape index (κ3) is 5.16. The fraction of sp³-hybridized carbons (Fsp3) is 0.167. The number of hydrogen-bond acceptors (Lipinski definition) is 1. The Morgan fingerprint density at radius 1 is 1.10 bits per heavy atom. The molecule has 0 unspecified atom stereocenters. The van der Waals surface area contributed by atoms with Gasteiger partial charge in [-0.2, -0.15) is 0 Å². The number of aliphatic imine (C=N–C) groups is 1. The van der Waals surface area contributed by atoms with E-state index < -0.39 is 0 Å². The molecule has 0 aliphatic rings. The zero-order valence-corrected chi connectivity index (χ0v) is 13.5. The summed E-state index contributed by atoms with van der Waals surface area (Å²) < 4.78 is 2.47. The van der Waals surface area contributed by atoms with E-state index in [2.05, 4.69) is 67.0 Å². The van der Waals surface area contributed by atoms with Gasteiger partial charge in [-0.3, -0.25) is 0 Å². The van der Waals surface area contributed by atoms with E-state index in [0.717, 1.165) is 17.4 Å². The first kappa shape index (κ1) is 14.8. The van der Waals surface area contributed by atoms with Crippen molar-refractivity contribution in [2.45, 2.75) is 13.3 Å². The third-order valence-electron chi connectivity index (χ3n) is 2.88. The van der Waals surface area contributed by atoms with Gasteiger partial charge < -0.3 is 0 Å². The Hall–Kier alpha value is -1.63. The molecule has 2 heteroatoms. The molecule has 0 fully saturated rings. The van der Waals surface area contributed by atoms with Crippen LogP contribution in [0.4, 0.5) is 0 Å². The van der Waals surface area contributed by atoms with Gasteiger partial charge in [0.25, 0.3) is 0 Å². The van der Waals surface area contributed by atoms with Gasteiger partial charge in [0.2, 0.25) is 0 Å². The number of hydrogen-bond donors (Lipinski definition) is 0. The van der Waals surface area contributed by atoms with Crippen LogP contribution in [0.5, 0.6) is 0 Å². The molecule has 0 spiro atoms. The van der Waals surface area contributed by atoms with Gasteiger partial charge in [0, 0.05) is 0 Å². The second kappa shape index (κ2) is 7.84. The monoisotopic (exact) mass is 329 g/mol. The Bertz CT molecular complexity index is 570. The van der Waals surface area contributed by atoms with Crippen LogP contribution in [-0.4, -0.2) is 27.7 Å². The zero-order valence-electron chi connectivity index (χ0n) is 11.8. The average Bonchev–Trinajstić information content (AvgIpc) is 2.47. The molecule has 1 nitrogen and oxygen atoms in total. The SMILES string of the molecule is C=C(C=NCCc1ccccc1)[Se]c1ccc(C)cc1. The van der Waals surface area contributed by atoms with Gasteiger partial charge >= 0.3 is 127 Å². The van der Waals surface area contributed by atoms with Crippen LogP contribution in [-0.2, 0) is 6.42 Å². The predicted octanol–water partition coefficient (Wildman–Crippen LogP) is 3.15. The third-order valence-corrected chi connectivity index (χ3v) is 4.71. The average molecular weight is 328 g/mol. The summed E-state index contributed by atoms with van der Waals surface area (Å²) in [5, 5.41) is 0. The van der Waals surface area contributed by atoms with Gasteiger partial charge in [-0.25, -0.2) is 0 Å². The predicted molar refractivity (Wildman–Crippen MR) is 89.2 cm³/mol. The van der Waals surface area contributed by atoms with Crippen LogP contribution in [0, 0.1) is 6.92 Å². The molecule has 0 aliphatic heterocycles. The number of allylic oxidation sites excluding steroid dienone is 1. The van der Waals surface area contributed by atoms with Crippen molar-refractivity contribution in [3.8, 4) is 0 Å². The van der Waals surface area contributed by atoms with Crippen LogP contribution in [0.1, 0.15) is 11.1 Å². The number of rotatable bonds is 6. The van der Waals surface area contributed by atoms with Crippen LogP contribution < -0.4 is 4.46 Å². The first-order valence-electron chi connectivity index (χ1n) is 6.71. The summed E-state index contributed by atoms with van der Waals surface area (Å²) in [7, 11) is 0. The van der Waals surface area contributed by atoms with E-state index in [9.17, 15) is 0 Å². The van der Waals surface area contributed by atoms with E-state index >= 15 is 0 Å². The van der Waals surface area contributed by atoms with Gasteiger partial charge in [0.15, 0.2) is 0 Å². The van der Waals surface area contributed by atoms with E-state index in [1.165, 1.54) is 15.6 Å².